The molecule has 2 rings (SSSR count). The second kappa shape index (κ2) is 5.49. The molecular formula is C16H14O3S. The van der Waals surface area contributed by atoms with Crippen LogP contribution in [-0.4, -0.2) is 14.7 Å². The first kappa shape index (κ1) is 14.3. The summed E-state index contributed by atoms with van der Waals surface area (Å²) in [4.78, 5) is 0. The summed E-state index contributed by atoms with van der Waals surface area (Å²) in [6.45, 7) is 0. The average Bonchev–Trinajstić information content (AvgIpc) is 2.46. The molecule has 3 nitrogen and oxygen atoms in total. The molecule has 0 aliphatic heterocycles. The summed E-state index contributed by atoms with van der Waals surface area (Å²) in [5, 5.41) is 0. The van der Waals surface area contributed by atoms with Crippen LogP contribution in [0.3, 0.4) is 0 Å². The summed E-state index contributed by atoms with van der Waals surface area (Å²) in [6.07, 6.45) is 6.63. The van der Waals surface area contributed by atoms with Crippen molar-refractivity contribution in [2.75, 3.05) is 6.26 Å². The average molecular weight is 286 g/mol. The first-order chi connectivity index (χ1) is 9.48. The van der Waals surface area contributed by atoms with Gasteiger partial charge in [0.05, 0.1) is 6.26 Å². The second-order valence-corrected chi connectivity index (χ2v) is 5.92. The van der Waals surface area contributed by atoms with E-state index >= 15 is 0 Å². The lowest BCUT2D eigenvalue weighted by Gasteiger charge is -2.28. The van der Waals surface area contributed by atoms with E-state index in [2.05, 4.69) is 5.92 Å². The van der Waals surface area contributed by atoms with Crippen molar-refractivity contribution < 1.29 is 12.6 Å². The molecule has 0 saturated heterocycles. The van der Waals surface area contributed by atoms with Gasteiger partial charge in [-0.2, -0.15) is 8.42 Å². The Hall–Kier alpha value is -2.09. The Morgan fingerprint density at radius 2 is 1.35 bits per heavy atom. The fourth-order valence-corrected chi connectivity index (χ4v) is 2.72. The maximum Gasteiger partial charge on any atom is 0.266 e. The quantitative estimate of drug-likeness (QED) is 0.641. The molecule has 2 aromatic rings. The highest BCUT2D eigenvalue weighted by Crippen LogP contribution is 2.34. The Morgan fingerprint density at radius 3 is 1.65 bits per heavy atom. The standard InChI is InChI=1S/C16H14O3S/c1-3-16(19-20(2,17)18,14-10-6-4-7-11-14)15-12-8-5-9-13-15/h1,4-13H,2H3. The van der Waals surface area contributed by atoms with E-state index < -0.39 is 15.7 Å². The number of hydrogen-bond donors (Lipinski definition) is 0. The lowest BCUT2D eigenvalue weighted by atomic mass is 9.87. The van der Waals surface area contributed by atoms with Gasteiger partial charge in [0.2, 0.25) is 0 Å². The Balaban J connectivity index is 2.69. The van der Waals surface area contributed by atoms with Crippen LogP contribution in [0.15, 0.2) is 60.7 Å². The van der Waals surface area contributed by atoms with E-state index in [-0.39, 0.29) is 0 Å². The molecule has 0 atom stereocenters. The Labute approximate surface area is 119 Å². The Morgan fingerprint density at radius 1 is 0.950 bits per heavy atom. The predicted octanol–water partition coefficient (Wildman–Crippen LogP) is 2.54. The molecule has 0 saturated carbocycles. The topological polar surface area (TPSA) is 43.4 Å². The molecule has 0 unspecified atom stereocenters. The lowest BCUT2D eigenvalue weighted by Crippen LogP contribution is -2.32. The minimum atomic E-state index is -3.73. The molecule has 0 aromatic heterocycles. The van der Waals surface area contributed by atoms with Crippen LogP contribution in [0.25, 0.3) is 0 Å². The fraction of sp³-hybridized carbons (Fsp3) is 0.125. The van der Waals surface area contributed by atoms with Crippen LogP contribution in [-0.2, 0) is 19.9 Å². The van der Waals surface area contributed by atoms with Gasteiger partial charge in [-0.3, -0.25) is 0 Å². The van der Waals surface area contributed by atoms with E-state index in [1.807, 2.05) is 12.1 Å². The normalized spacial score (nSPS) is 11.8. The zero-order valence-corrected chi connectivity index (χ0v) is 11.8. The molecule has 20 heavy (non-hydrogen) atoms. The van der Waals surface area contributed by atoms with Crippen molar-refractivity contribution in [2.24, 2.45) is 0 Å². The Bertz CT molecular complexity index is 674. The maximum atomic E-state index is 11.6. The highest BCUT2D eigenvalue weighted by Gasteiger charge is 2.37. The van der Waals surface area contributed by atoms with Crippen LogP contribution in [0, 0.1) is 12.3 Å². The molecule has 0 aliphatic rings. The van der Waals surface area contributed by atoms with Crippen molar-refractivity contribution in [1.82, 2.24) is 0 Å². The molecule has 0 fully saturated rings. The van der Waals surface area contributed by atoms with Gasteiger partial charge in [-0.05, 0) is 0 Å². The van der Waals surface area contributed by atoms with Crippen molar-refractivity contribution in [2.45, 2.75) is 5.60 Å². The van der Waals surface area contributed by atoms with E-state index in [4.69, 9.17) is 10.6 Å². The summed E-state index contributed by atoms with van der Waals surface area (Å²) in [6, 6.07) is 17.8. The predicted molar refractivity (Wildman–Crippen MR) is 78.4 cm³/mol. The van der Waals surface area contributed by atoms with Crippen LogP contribution in [0.2, 0.25) is 0 Å². The fourth-order valence-electron chi connectivity index (χ4n) is 2.03. The van der Waals surface area contributed by atoms with Crippen LogP contribution in [0.4, 0.5) is 0 Å². The first-order valence-corrected chi connectivity index (χ1v) is 7.79. The first-order valence-electron chi connectivity index (χ1n) is 5.97. The summed E-state index contributed by atoms with van der Waals surface area (Å²) < 4.78 is 28.6. The number of rotatable bonds is 4. The molecule has 0 N–H and O–H groups in total. The number of terminal acetylenes is 1. The van der Waals surface area contributed by atoms with Crippen LogP contribution < -0.4 is 0 Å². The van der Waals surface area contributed by atoms with Crippen molar-refractivity contribution in [3.05, 3.63) is 71.8 Å². The van der Waals surface area contributed by atoms with Crippen LogP contribution >= 0.6 is 0 Å². The minimum absolute atomic E-state index is 0.596. The molecule has 0 bridgehead atoms. The molecule has 2 aromatic carbocycles. The van der Waals surface area contributed by atoms with E-state index in [0.29, 0.717) is 11.1 Å². The van der Waals surface area contributed by atoms with E-state index in [1.165, 1.54) is 0 Å². The highest BCUT2D eigenvalue weighted by atomic mass is 32.2. The smallest absolute Gasteiger partial charge is 0.240 e. The maximum absolute atomic E-state index is 11.6. The van der Waals surface area contributed by atoms with Gasteiger partial charge in [0.25, 0.3) is 10.1 Å². The van der Waals surface area contributed by atoms with Gasteiger partial charge in [-0.25, -0.2) is 4.18 Å². The summed E-state index contributed by atoms with van der Waals surface area (Å²) in [5.74, 6) is 2.50. The van der Waals surface area contributed by atoms with Crippen molar-refractivity contribution in [3.63, 3.8) is 0 Å². The van der Waals surface area contributed by atoms with E-state index in [1.54, 1.807) is 48.5 Å². The molecule has 0 aliphatic carbocycles. The monoisotopic (exact) mass is 286 g/mol. The lowest BCUT2D eigenvalue weighted by molar-refractivity contribution is 0.185. The van der Waals surface area contributed by atoms with Gasteiger partial charge in [-0.1, -0.05) is 66.6 Å². The van der Waals surface area contributed by atoms with Crippen LogP contribution in [0.1, 0.15) is 11.1 Å². The van der Waals surface area contributed by atoms with E-state index in [9.17, 15) is 8.42 Å². The third kappa shape index (κ3) is 2.90. The minimum Gasteiger partial charge on any atom is -0.240 e. The molecule has 0 radical (unpaired) electrons. The third-order valence-corrected chi connectivity index (χ3v) is 3.39. The third-order valence-electron chi connectivity index (χ3n) is 2.84. The second-order valence-electron chi connectivity index (χ2n) is 4.35. The molecule has 0 spiro atoms. The summed E-state index contributed by atoms with van der Waals surface area (Å²) >= 11 is 0. The summed E-state index contributed by atoms with van der Waals surface area (Å²) in [5.41, 5.74) is -0.255. The van der Waals surface area contributed by atoms with Gasteiger partial charge < -0.3 is 0 Å². The van der Waals surface area contributed by atoms with Crippen molar-refractivity contribution in [3.8, 4) is 12.3 Å². The van der Waals surface area contributed by atoms with Crippen molar-refractivity contribution >= 4 is 10.1 Å². The molecule has 0 heterocycles. The number of benzene rings is 2. The van der Waals surface area contributed by atoms with Crippen molar-refractivity contribution in [1.29, 1.82) is 0 Å². The van der Waals surface area contributed by atoms with Gasteiger partial charge >= 0.3 is 0 Å². The molecular weight excluding hydrogens is 272 g/mol. The number of hydrogen-bond acceptors (Lipinski definition) is 3. The zero-order valence-electron chi connectivity index (χ0n) is 11.0. The Kier molecular flexibility index (Phi) is 3.93. The van der Waals surface area contributed by atoms with Gasteiger partial charge in [0, 0.05) is 11.1 Å². The molecule has 0 amide bonds. The largest absolute Gasteiger partial charge is 0.266 e. The van der Waals surface area contributed by atoms with Crippen LogP contribution in [0.5, 0.6) is 0 Å². The summed E-state index contributed by atoms with van der Waals surface area (Å²) in [7, 11) is -3.73. The van der Waals surface area contributed by atoms with Gasteiger partial charge in [-0.15, -0.1) is 6.42 Å². The SMILES string of the molecule is C#CC(OS(C)(=O)=O)(c1ccccc1)c1ccccc1. The zero-order chi connectivity index (χ0) is 14.6. The highest BCUT2D eigenvalue weighted by molar-refractivity contribution is 7.86. The van der Waals surface area contributed by atoms with Gasteiger partial charge in [0.15, 0.2) is 5.60 Å². The molecule has 4 heteroatoms. The van der Waals surface area contributed by atoms with Gasteiger partial charge in [0.1, 0.15) is 0 Å². The molecule has 102 valence electrons. The van der Waals surface area contributed by atoms with E-state index in [0.717, 1.165) is 6.26 Å².